The van der Waals surface area contributed by atoms with Gasteiger partial charge in [-0.25, -0.2) is 13.4 Å². The minimum atomic E-state index is -3.60. The number of amides is 1. The third-order valence-corrected chi connectivity index (χ3v) is 7.53. The molecule has 2 aromatic rings. The van der Waals surface area contributed by atoms with E-state index in [1.165, 1.54) is 10.4 Å². The van der Waals surface area contributed by atoms with Gasteiger partial charge in [-0.05, 0) is 24.6 Å². The van der Waals surface area contributed by atoms with Gasteiger partial charge in [0.25, 0.3) is 5.91 Å². The zero-order valence-corrected chi connectivity index (χ0v) is 18.1. The lowest BCUT2D eigenvalue weighted by Crippen LogP contribution is -2.31. The Kier molecular flexibility index (Phi) is 7.13. The molecule has 0 atom stereocenters. The van der Waals surface area contributed by atoms with Gasteiger partial charge in [-0.15, -0.1) is 11.3 Å². The highest BCUT2D eigenvalue weighted by Gasteiger charge is 2.23. The molecule has 0 spiro atoms. The maximum Gasteiger partial charge on any atom is 0.251 e. The summed E-state index contributed by atoms with van der Waals surface area (Å²) in [4.78, 5) is 17.3. The smallest absolute Gasteiger partial charge is 0.251 e. The molecule has 1 heterocycles. The van der Waals surface area contributed by atoms with E-state index in [2.05, 4.69) is 24.1 Å². The van der Waals surface area contributed by atoms with E-state index in [9.17, 15) is 13.2 Å². The van der Waals surface area contributed by atoms with Crippen molar-refractivity contribution in [1.82, 2.24) is 14.6 Å². The monoisotopic (exact) mass is 409 g/mol. The molecule has 1 amide bonds. The molecular formula is C19H27N3O3S2. The lowest BCUT2D eigenvalue weighted by Gasteiger charge is -2.19. The summed E-state index contributed by atoms with van der Waals surface area (Å²) in [5.41, 5.74) is 1.90. The van der Waals surface area contributed by atoms with Crippen molar-refractivity contribution < 1.29 is 13.2 Å². The number of aryl methyl sites for hydroxylation is 1. The first-order valence-corrected chi connectivity index (χ1v) is 11.4. The number of rotatable bonds is 8. The van der Waals surface area contributed by atoms with Crippen molar-refractivity contribution in [2.24, 2.45) is 0 Å². The Morgan fingerprint density at radius 2 is 1.93 bits per heavy atom. The second-order valence-electron chi connectivity index (χ2n) is 6.58. The lowest BCUT2D eigenvalue weighted by molar-refractivity contribution is 0.0949. The molecule has 0 unspecified atom stereocenters. The topological polar surface area (TPSA) is 79.4 Å². The molecular weight excluding hydrogens is 382 g/mol. The molecule has 0 aliphatic heterocycles. The fourth-order valence-electron chi connectivity index (χ4n) is 2.65. The molecule has 2 rings (SSSR count). The molecule has 0 fully saturated rings. The van der Waals surface area contributed by atoms with Crippen molar-refractivity contribution in [2.75, 3.05) is 13.1 Å². The van der Waals surface area contributed by atoms with E-state index in [4.69, 9.17) is 0 Å². The molecule has 6 nitrogen and oxygen atoms in total. The van der Waals surface area contributed by atoms with Crippen LogP contribution in [0.4, 0.5) is 0 Å². The molecule has 0 radical (unpaired) electrons. The summed E-state index contributed by atoms with van der Waals surface area (Å²) < 4.78 is 26.8. The number of hydrogen-bond acceptors (Lipinski definition) is 5. The fraction of sp³-hybridized carbons (Fsp3) is 0.474. The van der Waals surface area contributed by atoms with Crippen molar-refractivity contribution in [3.8, 4) is 0 Å². The highest BCUT2D eigenvalue weighted by molar-refractivity contribution is 7.89. The Hall–Kier alpha value is -1.77. The lowest BCUT2D eigenvalue weighted by atomic mass is 10.1. The summed E-state index contributed by atoms with van der Waals surface area (Å²) in [6, 6.07) is 4.68. The summed E-state index contributed by atoms with van der Waals surface area (Å²) in [5, 5.41) is 5.81. The summed E-state index contributed by atoms with van der Waals surface area (Å²) in [5.74, 6) is 0.0480. The summed E-state index contributed by atoms with van der Waals surface area (Å²) in [6.45, 7) is 10.6. The molecule has 0 bridgehead atoms. The van der Waals surface area contributed by atoms with Crippen molar-refractivity contribution >= 4 is 27.3 Å². The largest absolute Gasteiger partial charge is 0.346 e. The van der Waals surface area contributed by atoms with Crippen molar-refractivity contribution in [3.05, 3.63) is 45.4 Å². The van der Waals surface area contributed by atoms with Crippen LogP contribution in [0.5, 0.6) is 0 Å². The van der Waals surface area contributed by atoms with Gasteiger partial charge in [-0.3, -0.25) is 4.79 Å². The van der Waals surface area contributed by atoms with Crippen LogP contribution in [0.2, 0.25) is 0 Å². The Morgan fingerprint density at radius 3 is 2.48 bits per heavy atom. The molecule has 1 aromatic carbocycles. The average molecular weight is 410 g/mol. The molecule has 8 heteroatoms. The number of thiazole rings is 1. The van der Waals surface area contributed by atoms with E-state index in [-0.39, 0.29) is 10.8 Å². The quantitative estimate of drug-likeness (QED) is 0.723. The van der Waals surface area contributed by atoms with Crippen molar-refractivity contribution in [1.29, 1.82) is 0 Å². The fourth-order valence-corrected chi connectivity index (χ4v) is 4.97. The SMILES string of the molecule is CCN(CC)S(=O)(=O)c1ccc(C)c(C(=O)NCc2csc(C(C)C)n2)c1. The van der Waals surface area contributed by atoms with Crippen molar-refractivity contribution in [2.45, 2.75) is 52.0 Å². The van der Waals surface area contributed by atoms with E-state index in [1.54, 1.807) is 44.2 Å². The Bertz CT molecular complexity index is 901. The van der Waals surface area contributed by atoms with E-state index in [0.717, 1.165) is 16.3 Å². The predicted molar refractivity (Wildman–Crippen MR) is 109 cm³/mol. The van der Waals surface area contributed by atoms with Crippen LogP contribution in [0, 0.1) is 6.92 Å². The van der Waals surface area contributed by atoms with Gasteiger partial charge in [-0.1, -0.05) is 33.8 Å². The van der Waals surface area contributed by atoms with E-state index in [1.807, 2.05) is 5.38 Å². The number of aromatic nitrogens is 1. The minimum Gasteiger partial charge on any atom is -0.346 e. The first-order chi connectivity index (χ1) is 12.7. The maximum absolute atomic E-state index is 12.7. The number of benzene rings is 1. The van der Waals surface area contributed by atoms with Crippen molar-refractivity contribution in [3.63, 3.8) is 0 Å². The van der Waals surface area contributed by atoms with Gasteiger partial charge < -0.3 is 5.32 Å². The molecule has 0 saturated heterocycles. The summed E-state index contributed by atoms with van der Waals surface area (Å²) >= 11 is 1.58. The Morgan fingerprint density at radius 1 is 1.26 bits per heavy atom. The van der Waals surface area contributed by atoms with Crippen LogP contribution in [-0.4, -0.2) is 36.7 Å². The zero-order valence-electron chi connectivity index (χ0n) is 16.4. The van der Waals surface area contributed by atoms with Gasteiger partial charge in [0.2, 0.25) is 10.0 Å². The van der Waals surface area contributed by atoms with Gasteiger partial charge in [0.15, 0.2) is 0 Å². The third kappa shape index (κ3) is 4.94. The Balaban J connectivity index is 2.20. The number of hydrogen-bond donors (Lipinski definition) is 1. The van der Waals surface area contributed by atoms with Gasteiger partial charge in [-0.2, -0.15) is 4.31 Å². The van der Waals surface area contributed by atoms with Crippen LogP contribution in [0.3, 0.4) is 0 Å². The normalized spacial score (nSPS) is 12.0. The number of nitrogens with one attached hydrogen (secondary N) is 1. The highest BCUT2D eigenvalue weighted by Crippen LogP contribution is 2.21. The van der Waals surface area contributed by atoms with Gasteiger partial charge >= 0.3 is 0 Å². The minimum absolute atomic E-state index is 0.137. The Labute approximate surface area is 165 Å². The zero-order chi connectivity index (χ0) is 20.2. The van der Waals surface area contributed by atoms with Crippen LogP contribution in [-0.2, 0) is 16.6 Å². The van der Waals surface area contributed by atoms with E-state index in [0.29, 0.717) is 31.1 Å². The molecule has 27 heavy (non-hydrogen) atoms. The summed E-state index contributed by atoms with van der Waals surface area (Å²) in [6.07, 6.45) is 0. The van der Waals surface area contributed by atoms with E-state index >= 15 is 0 Å². The van der Waals surface area contributed by atoms with Crippen LogP contribution in [0.1, 0.15) is 60.2 Å². The summed E-state index contributed by atoms with van der Waals surface area (Å²) in [7, 11) is -3.60. The number of carbonyl (C=O) groups is 1. The molecule has 0 aliphatic rings. The second-order valence-corrected chi connectivity index (χ2v) is 9.41. The standard InChI is InChI=1S/C19H27N3O3S2/c1-6-22(7-2)27(24,25)16-9-8-14(5)17(10-16)18(23)20-11-15-12-26-19(21-15)13(3)4/h8-10,12-13H,6-7,11H2,1-5H3,(H,20,23). The van der Waals surface area contributed by atoms with Crippen LogP contribution in [0.25, 0.3) is 0 Å². The van der Waals surface area contributed by atoms with E-state index < -0.39 is 10.0 Å². The number of sulfonamides is 1. The molecule has 148 valence electrons. The second kappa shape index (κ2) is 8.95. The third-order valence-electron chi connectivity index (χ3n) is 4.29. The van der Waals surface area contributed by atoms with Crippen LogP contribution in [0.15, 0.2) is 28.5 Å². The molecule has 1 N–H and O–H groups in total. The molecule has 0 saturated carbocycles. The first kappa shape index (κ1) is 21.5. The highest BCUT2D eigenvalue weighted by atomic mass is 32.2. The average Bonchev–Trinajstić information content (AvgIpc) is 3.10. The van der Waals surface area contributed by atoms with Gasteiger partial charge in [0.05, 0.1) is 22.1 Å². The molecule has 0 aliphatic carbocycles. The first-order valence-electron chi connectivity index (χ1n) is 9.04. The molecule has 1 aromatic heterocycles. The number of carbonyl (C=O) groups excluding carboxylic acids is 1. The van der Waals surface area contributed by atoms with Gasteiger partial charge in [0, 0.05) is 30.0 Å². The van der Waals surface area contributed by atoms with Crippen LogP contribution >= 0.6 is 11.3 Å². The van der Waals surface area contributed by atoms with Gasteiger partial charge in [0.1, 0.15) is 0 Å². The predicted octanol–water partition coefficient (Wildman–Crippen LogP) is 3.54. The number of nitrogens with zero attached hydrogens (tertiary/aromatic N) is 2. The maximum atomic E-state index is 12.7. The van der Waals surface area contributed by atoms with Crippen LogP contribution < -0.4 is 5.32 Å².